The van der Waals surface area contributed by atoms with Crippen molar-refractivity contribution in [2.24, 2.45) is 0 Å². The summed E-state index contributed by atoms with van der Waals surface area (Å²) >= 11 is 0. The van der Waals surface area contributed by atoms with Crippen LogP contribution in [0.1, 0.15) is 32.1 Å². The first-order valence-electron chi connectivity index (χ1n) is 4.92. The second-order valence-corrected chi connectivity index (χ2v) is 3.58. The average Bonchev–Trinajstić information content (AvgIpc) is 2.29. The summed E-state index contributed by atoms with van der Waals surface area (Å²) in [5.74, 6) is 0.470. The Kier molecular flexibility index (Phi) is 3.73. The van der Waals surface area contributed by atoms with Gasteiger partial charge in [-0.05, 0) is 25.7 Å². The van der Waals surface area contributed by atoms with Gasteiger partial charge >= 0.3 is 11.9 Å². The Bertz CT molecular complexity index is 294. The van der Waals surface area contributed by atoms with Gasteiger partial charge in [-0.2, -0.15) is 0 Å². The van der Waals surface area contributed by atoms with Gasteiger partial charge < -0.3 is 9.47 Å². The van der Waals surface area contributed by atoms with Crippen molar-refractivity contribution in [1.29, 1.82) is 0 Å². The Hall–Kier alpha value is -1.50. The van der Waals surface area contributed by atoms with Crippen LogP contribution in [-0.2, 0) is 19.1 Å². The summed E-state index contributed by atoms with van der Waals surface area (Å²) in [5.41, 5.74) is -0.899. The van der Waals surface area contributed by atoms with Crippen LogP contribution in [0.5, 0.6) is 0 Å². The molecule has 82 valence electrons. The second-order valence-electron chi connectivity index (χ2n) is 3.58. The van der Waals surface area contributed by atoms with E-state index < -0.39 is 17.5 Å². The zero-order valence-corrected chi connectivity index (χ0v) is 8.75. The van der Waals surface area contributed by atoms with Crippen molar-refractivity contribution in [1.82, 2.24) is 0 Å². The third-order valence-corrected chi connectivity index (χ3v) is 2.56. The van der Waals surface area contributed by atoms with Crippen LogP contribution in [0.4, 0.5) is 0 Å². The van der Waals surface area contributed by atoms with Crippen molar-refractivity contribution in [2.45, 2.75) is 37.7 Å². The Balaban J connectivity index is 2.64. The van der Waals surface area contributed by atoms with Crippen molar-refractivity contribution >= 4 is 11.9 Å². The smallest absolute Gasteiger partial charge is 0.418 e. The summed E-state index contributed by atoms with van der Waals surface area (Å²) in [6.07, 6.45) is 9.50. The van der Waals surface area contributed by atoms with Gasteiger partial charge in [-0.3, -0.25) is 0 Å². The van der Waals surface area contributed by atoms with Gasteiger partial charge in [-0.15, -0.1) is 6.42 Å². The van der Waals surface area contributed by atoms with Gasteiger partial charge in [0.2, 0.25) is 0 Å². The van der Waals surface area contributed by atoms with Gasteiger partial charge in [0.15, 0.2) is 5.60 Å². The van der Waals surface area contributed by atoms with Crippen LogP contribution in [0.25, 0.3) is 0 Å². The molecule has 0 aromatic heterocycles. The van der Waals surface area contributed by atoms with Gasteiger partial charge in [0.1, 0.15) is 0 Å². The number of terminal acetylenes is 1. The highest BCUT2D eigenvalue weighted by atomic mass is 16.6. The fraction of sp³-hybridized carbons (Fsp3) is 0.636. The molecular weight excluding hydrogens is 196 g/mol. The minimum absolute atomic E-state index is 0.617. The molecule has 0 aliphatic heterocycles. The van der Waals surface area contributed by atoms with Crippen molar-refractivity contribution in [3.63, 3.8) is 0 Å². The van der Waals surface area contributed by atoms with Gasteiger partial charge in [0, 0.05) is 0 Å². The molecule has 1 aliphatic carbocycles. The van der Waals surface area contributed by atoms with E-state index in [4.69, 9.17) is 11.2 Å². The third kappa shape index (κ3) is 2.72. The number of hydrogen-bond acceptors (Lipinski definition) is 4. The van der Waals surface area contributed by atoms with Crippen LogP contribution < -0.4 is 0 Å². The summed E-state index contributed by atoms with van der Waals surface area (Å²) in [6, 6.07) is 0. The molecule has 1 aliphatic rings. The maximum atomic E-state index is 11.2. The number of rotatable bonds is 1. The lowest BCUT2D eigenvalue weighted by molar-refractivity contribution is -0.174. The van der Waals surface area contributed by atoms with Crippen molar-refractivity contribution in [3.8, 4) is 12.3 Å². The SMILES string of the molecule is C#CC1(OC(=O)C(=O)OC)CCCCC1. The molecule has 0 unspecified atom stereocenters. The molecule has 0 amide bonds. The van der Waals surface area contributed by atoms with E-state index in [0.29, 0.717) is 12.8 Å². The van der Waals surface area contributed by atoms with E-state index in [1.807, 2.05) is 0 Å². The molecule has 0 aromatic rings. The first-order valence-corrected chi connectivity index (χ1v) is 4.92. The molecule has 0 radical (unpaired) electrons. The minimum atomic E-state index is -1.00. The summed E-state index contributed by atoms with van der Waals surface area (Å²) in [5, 5.41) is 0. The van der Waals surface area contributed by atoms with E-state index in [1.54, 1.807) is 0 Å². The molecule has 0 spiro atoms. The Morgan fingerprint density at radius 3 is 2.27 bits per heavy atom. The monoisotopic (exact) mass is 210 g/mol. The summed E-state index contributed by atoms with van der Waals surface area (Å²) in [7, 11) is 1.13. The average molecular weight is 210 g/mol. The van der Waals surface area contributed by atoms with E-state index in [2.05, 4.69) is 10.7 Å². The largest absolute Gasteiger partial charge is 0.461 e. The van der Waals surface area contributed by atoms with E-state index in [-0.39, 0.29) is 0 Å². The molecular formula is C11H14O4. The van der Waals surface area contributed by atoms with Crippen LogP contribution in [0.15, 0.2) is 0 Å². The van der Waals surface area contributed by atoms with E-state index in [1.165, 1.54) is 0 Å². The molecule has 0 saturated heterocycles. The van der Waals surface area contributed by atoms with Crippen LogP contribution in [-0.4, -0.2) is 24.6 Å². The molecule has 0 heterocycles. The van der Waals surface area contributed by atoms with Crippen LogP contribution in [0.3, 0.4) is 0 Å². The van der Waals surface area contributed by atoms with E-state index in [0.717, 1.165) is 26.4 Å². The number of hydrogen-bond donors (Lipinski definition) is 0. The van der Waals surface area contributed by atoms with Crippen molar-refractivity contribution in [2.75, 3.05) is 7.11 Å². The Morgan fingerprint density at radius 2 is 1.80 bits per heavy atom. The molecule has 0 N–H and O–H groups in total. The summed E-state index contributed by atoms with van der Waals surface area (Å²) in [6.45, 7) is 0. The topological polar surface area (TPSA) is 52.6 Å². The number of ether oxygens (including phenoxy) is 2. The summed E-state index contributed by atoms with van der Waals surface area (Å²) < 4.78 is 9.29. The molecule has 0 bridgehead atoms. The molecule has 4 heteroatoms. The van der Waals surface area contributed by atoms with Gasteiger partial charge in [-0.1, -0.05) is 12.3 Å². The Morgan fingerprint density at radius 1 is 1.20 bits per heavy atom. The maximum absolute atomic E-state index is 11.2. The van der Waals surface area contributed by atoms with Crippen molar-refractivity contribution < 1.29 is 19.1 Å². The number of carbonyl (C=O) groups excluding carboxylic acids is 2. The van der Waals surface area contributed by atoms with Gasteiger partial charge in [0.25, 0.3) is 0 Å². The normalized spacial score (nSPS) is 18.7. The number of esters is 2. The fourth-order valence-corrected chi connectivity index (χ4v) is 1.70. The third-order valence-electron chi connectivity index (χ3n) is 2.56. The standard InChI is InChI=1S/C11H14O4/c1-3-11(7-5-4-6-8-11)15-10(13)9(12)14-2/h1H,4-8H2,2H3. The first-order chi connectivity index (χ1) is 7.13. The highest BCUT2D eigenvalue weighted by molar-refractivity contribution is 6.29. The quantitative estimate of drug-likeness (QED) is 0.368. The second kappa shape index (κ2) is 4.83. The highest BCUT2D eigenvalue weighted by Gasteiger charge is 2.36. The Labute approximate surface area is 88.9 Å². The molecule has 1 fully saturated rings. The number of methoxy groups -OCH3 is 1. The lowest BCUT2D eigenvalue weighted by Gasteiger charge is -2.31. The fourth-order valence-electron chi connectivity index (χ4n) is 1.70. The van der Waals surface area contributed by atoms with Crippen molar-refractivity contribution in [3.05, 3.63) is 0 Å². The van der Waals surface area contributed by atoms with Gasteiger partial charge in [-0.25, -0.2) is 9.59 Å². The zero-order chi connectivity index (χ0) is 11.3. The summed E-state index contributed by atoms with van der Waals surface area (Å²) in [4.78, 5) is 22.1. The first kappa shape index (κ1) is 11.6. The highest BCUT2D eigenvalue weighted by Crippen LogP contribution is 2.31. The number of carbonyl (C=O) groups is 2. The molecule has 0 atom stereocenters. The van der Waals surface area contributed by atoms with Crippen LogP contribution >= 0.6 is 0 Å². The maximum Gasteiger partial charge on any atom is 0.418 e. The lowest BCUT2D eigenvalue weighted by Crippen LogP contribution is -2.38. The molecule has 1 rings (SSSR count). The predicted molar refractivity (Wildman–Crippen MR) is 52.8 cm³/mol. The van der Waals surface area contributed by atoms with E-state index >= 15 is 0 Å². The van der Waals surface area contributed by atoms with Crippen LogP contribution in [0, 0.1) is 12.3 Å². The minimum Gasteiger partial charge on any atom is -0.461 e. The molecule has 4 nitrogen and oxygen atoms in total. The van der Waals surface area contributed by atoms with E-state index in [9.17, 15) is 9.59 Å². The van der Waals surface area contributed by atoms with Crippen LogP contribution in [0.2, 0.25) is 0 Å². The molecule has 0 aromatic carbocycles. The predicted octanol–water partition coefficient (Wildman–Crippen LogP) is 1.04. The lowest BCUT2D eigenvalue weighted by atomic mass is 9.85. The zero-order valence-electron chi connectivity index (χ0n) is 8.75. The molecule has 15 heavy (non-hydrogen) atoms. The molecule has 1 saturated carbocycles. The van der Waals surface area contributed by atoms with Gasteiger partial charge in [0.05, 0.1) is 7.11 Å².